The first-order valence-corrected chi connectivity index (χ1v) is 7.80. The number of anilines is 2. The third-order valence-electron chi connectivity index (χ3n) is 4.45. The molecule has 0 aliphatic carbocycles. The van der Waals surface area contributed by atoms with Crippen molar-refractivity contribution in [2.75, 3.05) is 30.7 Å². The lowest BCUT2D eigenvalue weighted by Gasteiger charge is -2.33. The maximum atomic E-state index is 5.97. The maximum Gasteiger partial charge on any atom is 0.123 e. The smallest absolute Gasteiger partial charge is 0.123 e. The monoisotopic (exact) mass is 275 g/mol. The molecule has 2 unspecified atom stereocenters. The Morgan fingerprint density at radius 1 is 1.25 bits per heavy atom. The van der Waals surface area contributed by atoms with Crippen LogP contribution in [0.1, 0.15) is 32.6 Å². The van der Waals surface area contributed by atoms with Crippen molar-refractivity contribution >= 4 is 11.4 Å². The number of hydrogen-bond acceptors (Lipinski definition) is 4. The van der Waals surface area contributed by atoms with Crippen molar-refractivity contribution < 1.29 is 4.74 Å². The summed E-state index contributed by atoms with van der Waals surface area (Å²) in [6, 6.07) is 7.20. The molecule has 1 aromatic carbocycles. The Morgan fingerprint density at radius 3 is 3.00 bits per heavy atom. The van der Waals surface area contributed by atoms with E-state index < -0.39 is 0 Å². The van der Waals surface area contributed by atoms with E-state index in [0.717, 1.165) is 17.1 Å². The van der Waals surface area contributed by atoms with Gasteiger partial charge in [0, 0.05) is 42.1 Å². The second kappa shape index (κ2) is 5.92. The molecule has 0 aromatic heterocycles. The van der Waals surface area contributed by atoms with E-state index in [1.165, 1.54) is 38.8 Å². The number of piperidine rings is 1. The molecular weight excluding hydrogens is 250 g/mol. The Bertz CT molecular complexity index is 463. The van der Waals surface area contributed by atoms with Crippen LogP contribution in [0.5, 0.6) is 5.75 Å². The highest BCUT2D eigenvalue weighted by Gasteiger charge is 2.35. The van der Waals surface area contributed by atoms with Crippen LogP contribution >= 0.6 is 0 Å². The van der Waals surface area contributed by atoms with Crippen molar-refractivity contribution in [2.45, 2.75) is 44.7 Å². The quantitative estimate of drug-likeness (QED) is 0.830. The van der Waals surface area contributed by atoms with Crippen LogP contribution in [0.15, 0.2) is 18.2 Å². The number of rotatable bonds is 4. The summed E-state index contributed by atoms with van der Waals surface area (Å²) in [6.45, 7) is 5.16. The molecule has 2 heterocycles. The number of ether oxygens (including phenoxy) is 1. The van der Waals surface area contributed by atoms with Gasteiger partial charge in [0.1, 0.15) is 5.75 Å². The number of nitrogens with two attached hydrogens (primary N) is 1. The summed E-state index contributed by atoms with van der Waals surface area (Å²) < 4.78 is 5.57. The Labute approximate surface area is 121 Å². The Morgan fingerprint density at radius 2 is 2.15 bits per heavy atom. The minimum Gasteiger partial charge on any atom is -0.494 e. The van der Waals surface area contributed by atoms with Crippen molar-refractivity contribution in [3.8, 4) is 5.75 Å². The van der Waals surface area contributed by atoms with Gasteiger partial charge in [-0.25, -0.2) is 0 Å². The molecule has 3 N–H and O–H groups in total. The van der Waals surface area contributed by atoms with Gasteiger partial charge < -0.3 is 15.8 Å². The molecule has 2 fully saturated rings. The zero-order chi connectivity index (χ0) is 13.9. The van der Waals surface area contributed by atoms with Crippen molar-refractivity contribution in [3.05, 3.63) is 18.2 Å². The van der Waals surface area contributed by atoms with Gasteiger partial charge >= 0.3 is 0 Å². The Balaban J connectivity index is 1.71. The van der Waals surface area contributed by atoms with E-state index in [1.54, 1.807) is 0 Å². The van der Waals surface area contributed by atoms with Crippen LogP contribution in [-0.4, -0.2) is 36.7 Å². The van der Waals surface area contributed by atoms with Gasteiger partial charge in [0.05, 0.1) is 6.61 Å². The normalized spacial score (nSPS) is 26.2. The lowest BCUT2D eigenvalue weighted by molar-refractivity contribution is 0.193. The van der Waals surface area contributed by atoms with Crippen LogP contribution in [0.2, 0.25) is 0 Å². The average molecular weight is 275 g/mol. The molecule has 0 spiro atoms. The SMILES string of the molecule is CCOc1cc(N)cc(NC2CCN3CCCCC23)c1. The zero-order valence-electron chi connectivity index (χ0n) is 12.3. The number of nitrogens with zero attached hydrogens (tertiary/aromatic N) is 1. The topological polar surface area (TPSA) is 50.5 Å². The summed E-state index contributed by atoms with van der Waals surface area (Å²) in [4.78, 5) is 2.64. The second-order valence-electron chi connectivity index (χ2n) is 5.86. The van der Waals surface area contributed by atoms with Crippen molar-refractivity contribution in [1.29, 1.82) is 0 Å². The van der Waals surface area contributed by atoms with Crippen LogP contribution in [0.25, 0.3) is 0 Å². The van der Waals surface area contributed by atoms with Crippen LogP contribution in [0.3, 0.4) is 0 Å². The molecule has 0 bridgehead atoms. The fraction of sp³-hybridized carbons (Fsp3) is 0.625. The van der Waals surface area contributed by atoms with E-state index in [9.17, 15) is 0 Å². The molecule has 2 aliphatic heterocycles. The average Bonchev–Trinajstić information content (AvgIpc) is 2.82. The molecule has 110 valence electrons. The van der Waals surface area contributed by atoms with E-state index in [2.05, 4.69) is 16.3 Å². The number of benzene rings is 1. The van der Waals surface area contributed by atoms with E-state index in [4.69, 9.17) is 10.5 Å². The fourth-order valence-electron chi connectivity index (χ4n) is 3.59. The molecule has 3 rings (SSSR count). The first-order chi connectivity index (χ1) is 9.76. The van der Waals surface area contributed by atoms with E-state index in [1.807, 2.05) is 19.1 Å². The van der Waals surface area contributed by atoms with Gasteiger partial charge in [0.2, 0.25) is 0 Å². The molecule has 4 heteroatoms. The van der Waals surface area contributed by atoms with Crippen molar-refractivity contribution in [2.24, 2.45) is 0 Å². The molecule has 20 heavy (non-hydrogen) atoms. The highest BCUT2D eigenvalue weighted by atomic mass is 16.5. The summed E-state index contributed by atoms with van der Waals surface area (Å²) in [7, 11) is 0. The predicted octanol–water partition coefficient (Wildman–Crippen LogP) is 2.71. The van der Waals surface area contributed by atoms with Gasteiger partial charge in [-0.15, -0.1) is 0 Å². The minimum atomic E-state index is 0.548. The van der Waals surface area contributed by atoms with Crippen LogP contribution < -0.4 is 15.8 Å². The van der Waals surface area contributed by atoms with Crippen molar-refractivity contribution in [3.63, 3.8) is 0 Å². The maximum absolute atomic E-state index is 5.97. The molecule has 0 amide bonds. The highest BCUT2D eigenvalue weighted by Crippen LogP contribution is 2.31. The first kappa shape index (κ1) is 13.6. The summed E-state index contributed by atoms with van der Waals surface area (Å²) in [5.74, 6) is 0.855. The first-order valence-electron chi connectivity index (χ1n) is 7.80. The minimum absolute atomic E-state index is 0.548. The second-order valence-corrected chi connectivity index (χ2v) is 5.86. The summed E-state index contributed by atoms with van der Waals surface area (Å²) in [5, 5.41) is 3.68. The third-order valence-corrected chi connectivity index (χ3v) is 4.45. The number of fused-ring (bicyclic) bond motifs is 1. The van der Waals surface area contributed by atoms with Crippen LogP contribution in [0, 0.1) is 0 Å². The molecule has 4 nitrogen and oxygen atoms in total. The standard InChI is InChI=1S/C16H25N3O/c1-2-20-14-10-12(17)9-13(11-14)18-15-6-8-19-7-4-3-5-16(15)19/h9-11,15-16,18H,2-8,17H2,1H3. The molecule has 2 aliphatic rings. The number of hydrogen-bond donors (Lipinski definition) is 2. The molecule has 0 saturated carbocycles. The summed E-state index contributed by atoms with van der Waals surface area (Å²) >= 11 is 0. The van der Waals surface area contributed by atoms with Gasteiger partial charge in [-0.2, -0.15) is 0 Å². The Kier molecular flexibility index (Phi) is 4.01. The summed E-state index contributed by atoms with van der Waals surface area (Å²) in [6.07, 6.45) is 5.26. The van der Waals surface area contributed by atoms with Gasteiger partial charge in [-0.05, 0) is 38.8 Å². The lowest BCUT2D eigenvalue weighted by Crippen LogP contribution is -2.41. The lowest BCUT2D eigenvalue weighted by atomic mass is 9.99. The highest BCUT2D eigenvalue weighted by molar-refractivity contribution is 5.59. The van der Waals surface area contributed by atoms with Gasteiger partial charge in [-0.1, -0.05) is 6.42 Å². The van der Waals surface area contributed by atoms with Gasteiger partial charge in [0.25, 0.3) is 0 Å². The third kappa shape index (κ3) is 2.85. The molecule has 0 radical (unpaired) electrons. The van der Waals surface area contributed by atoms with Gasteiger partial charge in [-0.3, -0.25) is 4.90 Å². The predicted molar refractivity (Wildman–Crippen MR) is 83.3 cm³/mol. The molecule has 1 aromatic rings. The zero-order valence-corrected chi connectivity index (χ0v) is 12.3. The van der Waals surface area contributed by atoms with Crippen LogP contribution in [0.4, 0.5) is 11.4 Å². The van der Waals surface area contributed by atoms with E-state index >= 15 is 0 Å². The van der Waals surface area contributed by atoms with Crippen molar-refractivity contribution in [1.82, 2.24) is 4.90 Å². The Hall–Kier alpha value is -1.42. The summed E-state index contributed by atoms with van der Waals surface area (Å²) in [5.41, 5.74) is 7.82. The number of nitrogens with one attached hydrogen (secondary N) is 1. The number of nitrogen functional groups attached to an aromatic ring is 1. The molecule has 2 atom stereocenters. The molecule has 2 saturated heterocycles. The van der Waals surface area contributed by atoms with E-state index in [0.29, 0.717) is 18.7 Å². The largest absolute Gasteiger partial charge is 0.494 e. The van der Waals surface area contributed by atoms with E-state index in [-0.39, 0.29) is 0 Å². The van der Waals surface area contributed by atoms with Crippen LogP contribution in [-0.2, 0) is 0 Å². The molecular formula is C16H25N3O. The van der Waals surface area contributed by atoms with Gasteiger partial charge in [0.15, 0.2) is 0 Å². The fourth-order valence-corrected chi connectivity index (χ4v) is 3.59.